The Morgan fingerprint density at radius 3 is 2.26 bits per heavy atom. The van der Waals surface area contributed by atoms with Gasteiger partial charge in [-0.05, 0) is 19.8 Å². The smallest absolute Gasteiger partial charge is 0.354 e. The second-order valence-electron chi connectivity index (χ2n) is 4.79. The van der Waals surface area contributed by atoms with Gasteiger partial charge in [0, 0.05) is 26.1 Å². The number of nitrogens with two attached hydrogens (primary N) is 1. The molecule has 2 amide bonds. The fraction of sp³-hybridized carbons (Fsp3) is 0.818. The molecule has 0 radical (unpaired) electrons. The normalized spacial score (nSPS) is 19.1. The SMILES string of the molecule is CC(N)(C(=O)NCCC(=O)N1CCCC1)C(F)(F)F. The van der Waals surface area contributed by atoms with Gasteiger partial charge in [0.05, 0.1) is 0 Å². The molecule has 0 spiro atoms. The third-order valence-corrected chi connectivity index (χ3v) is 3.14. The van der Waals surface area contributed by atoms with Gasteiger partial charge in [-0.3, -0.25) is 9.59 Å². The summed E-state index contributed by atoms with van der Waals surface area (Å²) in [6.07, 6.45) is -2.96. The highest BCUT2D eigenvalue weighted by Gasteiger charge is 2.53. The monoisotopic (exact) mass is 281 g/mol. The van der Waals surface area contributed by atoms with Crippen molar-refractivity contribution < 1.29 is 22.8 Å². The van der Waals surface area contributed by atoms with Gasteiger partial charge in [-0.25, -0.2) is 0 Å². The number of carbonyl (C=O) groups is 2. The third kappa shape index (κ3) is 3.82. The largest absolute Gasteiger partial charge is 0.415 e. The number of nitrogens with one attached hydrogen (secondary N) is 1. The average Bonchev–Trinajstić information content (AvgIpc) is 2.80. The number of rotatable bonds is 4. The number of amides is 2. The minimum atomic E-state index is -4.82. The van der Waals surface area contributed by atoms with Crippen molar-refractivity contribution in [2.45, 2.75) is 37.9 Å². The second kappa shape index (κ2) is 5.77. The summed E-state index contributed by atoms with van der Waals surface area (Å²) in [5, 5.41) is 2.05. The van der Waals surface area contributed by atoms with Gasteiger partial charge < -0.3 is 16.0 Å². The average molecular weight is 281 g/mol. The van der Waals surface area contributed by atoms with Crippen molar-refractivity contribution in [3.8, 4) is 0 Å². The van der Waals surface area contributed by atoms with Gasteiger partial charge in [0.2, 0.25) is 11.8 Å². The summed E-state index contributed by atoms with van der Waals surface area (Å²) in [4.78, 5) is 24.6. The van der Waals surface area contributed by atoms with Gasteiger partial charge in [0.15, 0.2) is 5.54 Å². The van der Waals surface area contributed by atoms with Gasteiger partial charge in [-0.15, -0.1) is 0 Å². The molecular weight excluding hydrogens is 263 g/mol. The summed E-state index contributed by atoms with van der Waals surface area (Å²) in [5.74, 6) is -1.49. The van der Waals surface area contributed by atoms with Crippen LogP contribution in [0.15, 0.2) is 0 Å². The summed E-state index contributed by atoms with van der Waals surface area (Å²) >= 11 is 0. The van der Waals surface area contributed by atoms with Crippen LogP contribution in [0, 0.1) is 0 Å². The number of alkyl halides is 3. The van der Waals surface area contributed by atoms with Gasteiger partial charge in [-0.2, -0.15) is 13.2 Å². The maximum atomic E-state index is 12.5. The Balaban J connectivity index is 2.36. The van der Waals surface area contributed by atoms with E-state index in [4.69, 9.17) is 5.73 Å². The molecule has 0 bridgehead atoms. The lowest BCUT2D eigenvalue weighted by Crippen LogP contribution is -2.61. The van der Waals surface area contributed by atoms with Gasteiger partial charge in [-0.1, -0.05) is 0 Å². The zero-order valence-corrected chi connectivity index (χ0v) is 10.7. The van der Waals surface area contributed by atoms with Crippen LogP contribution in [0.4, 0.5) is 13.2 Å². The van der Waals surface area contributed by atoms with Gasteiger partial charge in [0.1, 0.15) is 0 Å². The number of likely N-dealkylation sites (tertiary alicyclic amines) is 1. The summed E-state index contributed by atoms with van der Waals surface area (Å²) in [6.45, 7) is 1.80. The molecule has 0 aromatic heterocycles. The van der Waals surface area contributed by atoms with Crippen LogP contribution in [-0.4, -0.2) is 48.1 Å². The molecule has 1 atom stereocenters. The van der Waals surface area contributed by atoms with Crippen molar-refractivity contribution in [1.29, 1.82) is 0 Å². The molecule has 1 aliphatic heterocycles. The molecule has 1 rings (SSSR count). The van der Waals surface area contributed by atoms with Crippen LogP contribution in [-0.2, 0) is 9.59 Å². The first-order valence-corrected chi connectivity index (χ1v) is 6.08. The summed E-state index contributed by atoms with van der Waals surface area (Å²) in [6, 6.07) is 0. The van der Waals surface area contributed by atoms with Crippen LogP contribution < -0.4 is 11.1 Å². The zero-order valence-electron chi connectivity index (χ0n) is 10.7. The van der Waals surface area contributed by atoms with E-state index >= 15 is 0 Å². The van der Waals surface area contributed by atoms with Crippen molar-refractivity contribution in [2.24, 2.45) is 5.73 Å². The fourth-order valence-electron chi connectivity index (χ4n) is 1.72. The lowest BCUT2D eigenvalue weighted by atomic mass is 10.0. The molecule has 110 valence electrons. The Morgan fingerprint density at radius 1 is 1.26 bits per heavy atom. The third-order valence-electron chi connectivity index (χ3n) is 3.14. The van der Waals surface area contributed by atoms with E-state index in [1.807, 2.05) is 0 Å². The standard InChI is InChI=1S/C11H18F3N3O2/c1-10(15,11(12,13)14)9(19)16-5-4-8(18)17-6-2-3-7-17/h2-7,15H2,1H3,(H,16,19). The fourth-order valence-corrected chi connectivity index (χ4v) is 1.72. The van der Waals surface area contributed by atoms with Crippen LogP contribution in [0.25, 0.3) is 0 Å². The molecule has 1 saturated heterocycles. The lowest BCUT2D eigenvalue weighted by molar-refractivity contribution is -0.187. The van der Waals surface area contributed by atoms with E-state index in [2.05, 4.69) is 5.32 Å². The quantitative estimate of drug-likeness (QED) is 0.783. The minimum Gasteiger partial charge on any atom is -0.354 e. The Morgan fingerprint density at radius 2 is 1.79 bits per heavy atom. The highest BCUT2D eigenvalue weighted by molar-refractivity contribution is 5.87. The van der Waals surface area contributed by atoms with E-state index in [9.17, 15) is 22.8 Å². The first-order valence-electron chi connectivity index (χ1n) is 6.08. The summed E-state index contributed by atoms with van der Waals surface area (Å²) in [7, 11) is 0. The molecule has 1 aliphatic rings. The minimum absolute atomic E-state index is 0.0142. The Hall–Kier alpha value is -1.31. The maximum absolute atomic E-state index is 12.5. The van der Waals surface area contributed by atoms with Crippen molar-refractivity contribution in [2.75, 3.05) is 19.6 Å². The topological polar surface area (TPSA) is 75.4 Å². The lowest BCUT2D eigenvalue weighted by Gasteiger charge is -2.26. The molecule has 0 aromatic carbocycles. The Bertz CT molecular complexity index is 350. The predicted molar refractivity (Wildman–Crippen MR) is 62.1 cm³/mol. The van der Waals surface area contributed by atoms with Crippen molar-refractivity contribution in [3.05, 3.63) is 0 Å². The molecule has 0 aliphatic carbocycles. The maximum Gasteiger partial charge on any atom is 0.415 e. The number of carbonyl (C=O) groups excluding carboxylic acids is 2. The molecule has 0 saturated carbocycles. The van der Waals surface area contributed by atoms with E-state index in [0.717, 1.165) is 12.8 Å². The van der Waals surface area contributed by atoms with E-state index in [1.165, 1.54) is 0 Å². The predicted octanol–water partition coefficient (Wildman–Crippen LogP) is 0.395. The van der Waals surface area contributed by atoms with E-state index < -0.39 is 17.6 Å². The van der Waals surface area contributed by atoms with Crippen LogP contribution in [0.1, 0.15) is 26.2 Å². The molecule has 3 N–H and O–H groups in total. The number of nitrogens with zero attached hydrogens (tertiary/aromatic N) is 1. The molecule has 0 aromatic rings. The Labute approximate surface area is 109 Å². The van der Waals surface area contributed by atoms with Gasteiger partial charge in [0.25, 0.3) is 0 Å². The number of hydrogen-bond donors (Lipinski definition) is 2. The summed E-state index contributed by atoms with van der Waals surface area (Å²) in [5.41, 5.74) is 2.00. The zero-order chi connectivity index (χ0) is 14.7. The van der Waals surface area contributed by atoms with Crippen molar-refractivity contribution in [3.63, 3.8) is 0 Å². The summed E-state index contributed by atoms with van der Waals surface area (Å²) < 4.78 is 37.4. The molecule has 5 nitrogen and oxygen atoms in total. The van der Waals surface area contributed by atoms with Crippen LogP contribution >= 0.6 is 0 Å². The molecule has 8 heteroatoms. The molecule has 1 unspecified atom stereocenters. The van der Waals surface area contributed by atoms with Crippen LogP contribution in [0.2, 0.25) is 0 Å². The van der Waals surface area contributed by atoms with E-state index in [0.29, 0.717) is 20.0 Å². The highest BCUT2D eigenvalue weighted by atomic mass is 19.4. The molecule has 1 heterocycles. The first kappa shape index (κ1) is 15.7. The van der Waals surface area contributed by atoms with Crippen molar-refractivity contribution in [1.82, 2.24) is 10.2 Å². The highest BCUT2D eigenvalue weighted by Crippen LogP contribution is 2.27. The molecule has 1 fully saturated rings. The van der Waals surface area contributed by atoms with E-state index in [-0.39, 0.29) is 18.9 Å². The number of halogens is 3. The second-order valence-corrected chi connectivity index (χ2v) is 4.79. The molecule has 19 heavy (non-hydrogen) atoms. The van der Waals surface area contributed by atoms with Gasteiger partial charge >= 0.3 is 6.18 Å². The van der Waals surface area contributed by atoms with Crippen LogP contribution in [0.5, 0.6) is 0 Å². The van der Waals surface area contributed by atoms with Crippen molar-refractivity contribution >= 4 is 11.8 Å². The van der Waals surface area contributed by atoms with E-state index in [1.54, 1.807) is 4.90 Å². The molecular formula is C11H18F3N3O2. The Kier molecular flexibility index (Phi) is 4.78. The first-order chi connectivity index (χ1) is 8.66. The number of hydrogen-bond acceptors (Lipinski definition) is 3. The van der Waals surface area contributed by atoms with Crippen LogP contribution in [0.3, 0.4) is 0 Å².